The van der Waals surface area contributed by atoms with E-state index < -0.39 is 30.1 Å². The molecule has 0 bridgehead atoms. The third-order valence-corrected chi connectivity index (χ3v) is 6.04. The van der Waals surface area contributed by atoms with Crippen LogP contribution in [-0.2, 0) is 14.3 Å². The van der Waals surface area contributed by atoms with Gasteiger partial charge in [0, 0.05) is 6.42 Å². The first-order valence-corrected chi connectivity index (χ1v) is 10.4. The fraction of sp³-hybridized carbons (Fsp3) is 0.810. The van der Waals surface area contributed by atoms with Crippen molar-refractivity contribution in [3.05, 3.63) is 12.2 Å². The zero-order valence-corrected chi connectivity index (χ0v) is 16.5. The number of ether oxygens (including phenoxy) is 1. The maximum Gasteiger partial charge on any atom is 0.307 e. The molecular formula is C21H33FO6. The minimum absolute atomic E-state index is 0.0119. The number of aliphatic carboxylic acids is 2. The van der Waals surface area contributed by atoms with E-state index >= 15 is 0 Å². The van der Waals surface area contributed by atoms with Crippen molar-refractivity contribution < 1.29 is 34.0 Å². The Labute approximate surface area is 165 Å². The molecule has 0 aromatic rings. The van der Waals surface area contributed by atoms with E-state index in [1.807, 2.05) is 6.92 Å². The Morgan fingerprint density at radius 3 is 2.61 bits per heavy atom. The van der Waals surface area contributed by atoms with E-state index in [4.69, 9.17) is 9.84 Å². The van der Waals surface area contributed by atoms with Crippen molar-refractivity contribution >= 4 is 11.9 Å². The molecule has 0 amide bonds. The quantitative estimate of drug-likeness (QED) is 0.342. The summed E-state index contributed by atoms with van der Waals surface area (Å²) in [5.74, 6) is -2.51. The van der Waals surface area contributed by atoms with Crippen molar-refractivity contribution in [1.82, 2.24) is 0 Å². The number of unbranched alkanes of at least 4 members (excludes halogenated alkanes) is 2. The zero-order valence-electron chi connectivity index (χ0n) is 16.5. The first kappa shape index (κ1) is 22.8. The molecule has 28 heavy (non-hydrogen) atoms. The fourth-order valence-corrected chi connectivity index (χ4v) is 4.51. The number of rotatable bonds is 12. The molecule has 1 aliphatic carbocycles. The van der Waals surface area contributed by atoms with Gasteiger partial charge in [0.15, 0.2) is 0 Å². The molecule has 6 nitrogen and oxygen atoms in total. The summed E-state index contributed by atoms with van der Waals surface area (Å²) in [7, 11) is 0. The number of carbonyl (C=O) groups is 2. The minimum atomic E-state index is -1.33. The highest BCUT2D eigenvalue weighted by atomic mass is 19.1. The van der Waals surface area contributed by atoms with Crippen LogP contribution in [-0.4, -0.2) is 51.7 Å². The average Bonchev–Trinajstić information content (AvgIpc) is 3.18. The summed E-state index contributed by atoms with van der Waals surface area (Å²) in [6.07, 6.45) is 5.70. The molecule has 0 aromatic carbocycles. The number of carboxylic acids is 2. The summed E-state index contributed by atoms with van der Waals surface area (Å²) in [5, 5.41) is 28.3. The van der Waals surface area contributed by atoms with Crippen LogP contribution in [0.15, 0.2) is 12.2 Å². The third-order valence-electron chi connectivity index (χ3n) is 6.04. The Kier molecular flexibility index (Phi) is 8.89. The van der Waals surface area contributed by atoms with Crippen LogP contribution in [0.1, 0.15) is 64.7 Å². The van der Waals surface area contributed by atoms with Crippen molar-refractivity contribution in [1.29, 1.82) is 0 Å². The number of aliphatic hydroxyl groups is 1. The third kappa shape index (κ3) is 6.27. The lowest BCUT2D eigenvalue weighted by Crippen LogP contribution is -2.24. The zero-order chi connectivity index (χ0) is 20.7. The first-order valence-electron chi connectivity index (χ1n) is 10.4. The van der Waals surface area contributed by atoms with E-state index in [-0.39, 0.29) is 30.5 Å². The van der Waals surface area contributed by atoms with Gasteiger partial charge in [-0.2, -0.15) is 0 Å². The maximum absolute atomic E-state index is 14.0. The normalized spacial score (nSPS) is 31.8. The molecule has 2 rings (SSSR count). The topological polar surface area (TPSA) is 104 Å². The van der Waals surface area contributed by atoms with Crippen molar-refractivity contribution in [2.75, 3.05) is 0 Å². The van der Waals surface area contributed by atoms with E-state index in [0.29, 0.717) is 25.7 Å². The van der Waals surface area contributed by atoms with E-state index in [2.05, 4.69) is 0 Å². The summed E-state index contributed by atoms with van der Waals surface area (Å²) >= 11 is 0. The number of fused-ring (bicyclic) bond motifs is 1. The number of carboxylic acid groups (broad SMARTS) is 2. The number of halogens is 1. The van der Waals surface area contributed by atoms with Gasteiger partial charge in [0.2, 0.25) is 0 Å². The molecule has 0 aromatic heterocycles. The molecular weight excluding hydrogens is 367 g/mol. The van der Waals surface area contributed by atoms with Gasteiger partial charge in [-0.3, -0.25) is 9.59 Å². The first-order chi connectivity index (χ1) is 13.3. The lowest BCUT2D eigenvalue weighted by molar-refractivity contribution is -0.143. The Morgan fingerprint density at radius 1 is 1.21 bits per heavy atom. The van der Waals surface area contributed by atoms with Gasteiger partial charge >= 0.3 is 11.9 Å². The van der Waals surface area contributed by atoms with Crippen molar-refractivity contribution in [2.24, 2.45) is 17.8 Å². The molecule has 0 radical (unpaired) electrons. The van der Waals surface area contributed by atoms with Crippen molar-refractivity contribution in [3.8, 4) is 0 Å². The summed E-state index contributed by atoms with van der Waals surface area (Å²) in [4.78, 5) is 22.2. The fourth-order valence-electron chi connectivity index (χ4n) is 4.51. The predicted molar refractivity (Wildman–Crippen MR) is 102 cm³/mol. The van der Waals surface area contributed by atoms with Crippen LogP contribution < -0.4 is 0 Å². The Morgan fingerprint density at radius 2 is 1.96 bits per heavy atom. The van der Waals surface area contributed by atoms with Gasteiger partial charge in [-0.25, -0.2) is 4.39 Å². The maximum atomic E-state index is 14.0. The largest absolute Gasteiger partial charge is 0.481 e. The molecule has 160 valence electrons. The van der Waals surface area contributed by atoms with E-state index in [9.17, 15) is 24.2 Å². The monoisotopic (exact) mass is 400 g/mol. The Balaban J connectivity index is 1.92. The number of allylic oxidation sites excluding steroid dienone is 1. The van der Waals surface area contributed by atoms with Crippen LogP contribution >= 0.6 is 0 Å². The van der Waals surface area contributed by atoms with Crippen LogP contribution in [0.2, 0.25) is 0 Å². The van der Waals surface area contributed by atoms with Crippen molar-refractivity contribution in [3.63, 3.8) is 0 Å². The van der Waals surface area contributed by atoms with E-state index in [1.165, 1.54) is 6.08 Å². The summed E-state index contributed by atoms with van der Waals surface area (Å²) in [6, 6.07) is 0. The molecule has 7 atom stereocenters. The molecule has 1 saturated carbocycles. The second-order valence-corrected chi connectivity index (χ2v) is 8.13. The summed E-state index contributed by atoms with van der Waals surface area (Å²) in [5.41, 5.74) is 0. The van der Waals surface area contributed by atoms with E-state index in [1.54, 1.807) is 6.08 Å². The summed E-state index contributed by atoms with van der Waals surface area (Å²) < 4.78 is 20.0. The van der Waals surface area contributed by atoms with Gasteiger partial charge in [0.1, 0.15) is 12.3 Å². The number of alkyl halides is 1. The molecule has 7 heteroatoms. The smallest absolute Gasteiger partial charge is 0.307 e. The minimum Gasteiger partial charge on any atom is -0.481 e. The highest BCUT2D eigenvalue weighted by Gasteiger charge is 2.50. The molecule has 1 aliphatic heterocycles. The lowest BCUT2D eigenvalue weighted by atomic mass is 9.85. The highest BCUT2D eigenvalue weighted by Crippen LogP contribution is 2.48. The highest BCUT2D eigenvalue weighted by molar-refractivity contribution is 5.71. The molecule has 1 heterocycles. The second-order valence-electron chi connectivity index (χ2n) is 8.13. The van der Waals surface area contributed by atoms with Crippen LogP contribution in [0.25, 0.3) is 0 Å². The van der Waals surface area contributed by atoms with Crippen LogP contribution in [0, 0.1) is 17.8 Å². The Hall–Kier alpha value is -1.47. The molecule has 3 N–H and O–H groups in total. The second kappa shape index (κ2) is 10.9. The molecule has 5 unspecified atom stereocenters. The SMILES string of the molecule is CCCCC(F)C(O)/C=C/[C@H]1C(C(=O)O)CC2OC(CCCCC(=O)O)C[C@@H]21. The lowest BCUT2D eigenvalue weighted by Gasteiger charge is -2.19. The van der Waals surface area contributed by atoms with Crippen molar-refractivity contribution in [2.45, 2.75) is 89.2 Å². The number of hydrogen-bond donors (Lipinski definition) is 3. The van der Waals surface area contributed by atoms with Crippen LogP contribution in [0.4, 0.5) is 4.39 Å². The molecule has 0 spiro atoms. The van der Waals surface area contributed by atoms with Gasteiger partial charge in [-0.15, -0.1) is 0 Å². The molecule has 2 fully saturated rings. The van der Waals surface area contributed by atoms with Crippen LogP contribution in [0.5, 0.6) is 0 Å². The van der Waals surface area contributed by atoms with Gasteiger partial charge < -0.3 is 20.1 Å². The Bertz CT molecular complexity index is 551. The summed E-state index contributed by atoms with van der Waals surface area (Å²) in [6.45, 7) is 1.96. The molecule has 1 saturated heterocycles. The van der Waals surface area contributed by atoms with Crippen LogP contribution in [0.3, 0.4) is 0 Å². The molecule has 2 aliphatic rings. The van der Waals surface area contributed by atoms with E-state index in [0.717, 1.165) is 25.7 Å². The standard InChI is InChI=1S/C21H33FO6/c1-2-3-7-17(22)18(23)10-9-14-15-11-13(6-4-5-8-20(24)25)28-19(15)12-16(14)21(26)27/h9-10,13-19,23H,2-8,11-12H2,1H3,(H,24,25)(H,26,27)/b10-9+/t13?,14-,15-,16?,17?,18?,19?/m1/s1. The number of hydrogen-bond acceptors (Lipinski definition) is 4. The average molecular weight is 400 g/mol. The number of aliphatic hydroxyl groups excluding tert-OH is 1. The predicted octanol–water partition coefficient (Wildman–Crippen LogP) is 3.57. The van der Waals surface area contributed by atoms with Gasteiger partial charge in [0.25, 0.3) is 0 Å². The van der Waals surface area contributed by atoms with Gasteiger partial charge in [-0.05, 0) is 43.9 Å². The van der Waals surface area contributed by atoms with Gasteiger partial charge in [-0.1, -0.05) is 38.3 Å². The van der Waals surface area contributed by atoms with Gasteiger partial charge in [0.05, 0.1) is 18.1 Å².